The van der Waals surface area contributed by atoms with Gasteiger partial charge in [0.05, 0.1) is 11.4 Å². The molecular formula is C7H11N3OS. The van der Waals surface area contributed by atoms with Crippen LogP contribution in [0.15, 0.2) is 9.64 Å². The molecule has 0 saturated heterocycles. The molecule has 0 amide bonds. The zero-order valence-corrected chi connectivity index (χ0v) is 7.86. The molecule has 0 aliphatic rings. The second-order valence-corrected chi connectivity index (χ2v) is 3.36. The van der Waals surface area contributed by atoms with E-state index in [0.717, 1.165) is 11.5 Å². The summed E-state index contributed by atoms with van der Waals surface area (Å²) in [5.74, 6) is 1.38. The highest BCUT2D eigenvalue weighted by Crippen LogP contribution is 2.19. The number of nitrogens with zero attached hydrogens (tertiary/aromatic N) is 1. The molecule has 3 N–H and O–H groups in total. The van der Waals surface area contributed by atoms with E-state index >= 15 is 0 Å². The minimum Gasteiger partial charge on any atom is -0.437 e. The second-order valence-electron chi connectivity index (χ2n) is 2.44. The largest absolute Gasteiger partial charge is 0.437 e. The van der Waals surface area contributed by atoms with Gasteiger partial charge in [0.2, 0.25) is 0 Å². The number of nitrogens with two attached hydrogens (primary N) is 1. The highest BCUT2D eigenvalue weighted by atomic mass is 32.2. The Labute approximate surface area is 75.1 Å². The van der Waals surface area contributed by atoms with E-state index in [1.807, 2.05) is 13.8 Å². The lowest BCUT2D eigenvalue weighted by Gasteiger charge is -1.91. The zero-order valence-electron chi connectivity index (χ0n) is 7.05. The van der Waals surface area contributed by atoms with Crippen LogP contribution in [0.25, 0.3) is 0 Å². The maximum absolute atomic E-state index is 6.99. The molecule has 0 spiro atoms. The molecule has 12 heavy (non-hydrogen) atoms. The Kier molecular flexibility index (Phi) is 2.75. The predicted octanol–water partition coefficient (Wildman–Crippen LogP) is 1.32. The quantitative estimate of drug-likeness (QED) is 0.423. The number of aromatic nitrogens is 1. The van der Waals surface area contributed by atoms with E-state index < -0.39 is 0 Å². The summed E-state index contributed by atoms with van der Waals surface area (Å²) in [4.78, 5) is 4.13. The van der Waals surface area contributed by atoms with Crippen molar-refractivity contribution in [2.75, 3.05) is 5.75 Å². The molecule has 1 rings (SSSR count). The molecule has 1 aromatic heterocycles. The van der Waals surface area contributed by atoms with Crippen LogP contribution in [0.2, 0.25) is 0 Å². The summed E-state index contributed by atoms with van der Waals surface area (Å²) >= 11 is 1.34. The van der Waals surface area contributed by atoms with E-state index in [0.29, 0.717) is 11.0 Å². The topological polar surface area (TPSA) is 75.9 Å². The Morgan fingerprint density at radius 1 is 1.67 bits per heavy atom. The highest BCUT2D eigenvalue weighted by Gasteiger charge is 2.05. The molecule has 5 heteroatoms. The highest BCUT2D eigenvalue weighted by molar-refractivity contribution is 7.99. The molecule has 66 valence electrons. The minimum absolute atomic E-state index is 0.133. The van der Waals surface area contributed by atoms with Crippen molar-refractivity contribution in [1.29, 1.82) is 5.41 Å². The van der Waals surface area contributed by atoms with Gasteiger partial charge in [-0.15, -0.1) is 0 Å². The molecule has 0 aromatic carbocycles. The van der Waals surface area contributed by atoms with Gasteiger partial charge < -0.3 is 10.2 Å². The maximum Gasteiger partial charge on any atom is 0.256 e. The molecule has 1 aromatic rings. The average molecular weight is 185 g/mol. The molecular weight excluding hydrogens is 174 g/mol. The smallest absolute Gasteiger partial charge is 0.256 e. The van der Waals surface area contributed by atoms with Crippen LogP contribution in [-0.4, -0.2) is 16.6 Å². The normalized spacial score (nSPS) is 10.2. The Morgan fingerprint density at radius 3 is 2.75 bits per heavy atom. The molecule has 0 radical (unpaired) electrons. The van der Waals surface area contributed by atoms with Gasteiger partial charge in [0, 0.05) is 0 Å². The molecule has 0 aliphatic carbocycles. The number of thioether (sulfide) groups is 1. The van der Waals surface area contributed by atoms with E-state index in [2.05, 4.69) is 4.98 Å². The zero-order chi connectivity index (χ0) is 9.14. The standard InChI is InChI=1S/C7H11N3OS/c1-4-5(2)11-7(10-4)12-3-6(8)9/h3H2,1-2H3,(H3,8,9). The minimum atomic E-state index is 0.133. The van der Waals surface area contributed by atoms with Crippen molar-refractivity contribution in [3.63, 3.8) is 0 Å². The molecule has 0 aliphatic heterocycles. The van der Waals surface area contributed by atoms with Crippen LogP contribution in [-0.2, 0) is 0 Å². The van der Waals surface area contributed by atoms with Gasteiger partial charge in [-0.1, -0.05) is 11.8 Å². The van der Waals surface area contributed by atoms with Gasteiger partial charge in [0.15, 0.2) is 0 Å². The first-order chi connectivity index (χ1) is 5.59. The van der Waals surface area contributed by atoms with Crippen LogP contribution in [0.4, 0.5) is 0 Å². The molecule has 0 unspecified atom stereocenters. The summed E-state index contributed by atoms with van der Waals surface area (Å²) in [5.41, 5.74) is 6.07. The SMILES string of the molecule is Cc1nc(SCC(=N)N)oc1C. The first-order valence-electron chi connectivity index (χ1n) is 3.49. The lowest BCUT2D eigenvalue weighted by molar-refractivity contribution is 0.431. The van der Waals surface area contributed by atoms with Gasteiger partial charge in [0.25, 0.3) is 5.22 Å². The average Bonchev–Trinajstić information content (AvgIpc) is 2.28. The van der Waals surface area contributed by atoms with Crippen LogP contribution in [0, 0.1) is 19.3 Å². The van der Waals surface area contributed by atoms with Crippen LogP contribution in [0.5, 0.6) is 0 Å². The number of amidine groups is 1. The molecule has 1 heterocycles. The fourth-order valence-electron chi connectivity index (χ4n) is 0.645. The van der Waals surface area contributed by atoms with Gasteiger partial charge in [0.1, 0.15) is 11.6 Å². The summed E-state index contributed by atoms with van der Waals surface area (Å²) in [6.07, 6.45) is 0. The number of aryl methyl sites for hydroxylation is 2. The molecule has 4 nitrogen and oxygen atoms in total. The Morgan fingerprint density at radius 2 is 2.33 bits per heavy atom. The van der Waals surface area contributed by atoms with Gasteiger partial charge in [-0.25, -0.2) is 4.98 Å². The Balaban J connectivity index is 2.58. The van der Waals surface area contributed by atoms with Gasteiger partial charge >= 0.3 is 0 Å². The van der Waals surface area contributed by atoms with E-state index in [1.165, 1.54) is 11.8 Å². The Hall–Kier alpha value is -0.970. The van der Waals surface area contributed by atoms with Gasteiger partial charge in [-0.05, 0) is 13.8 Å². The third kappa shape index (κ3) is 2.27. The van der Waals surface area contributed by atoms with Crippen molar-refractivity contribution >= 4 is 17.6 Å². The summed E-state index contributed by atoms with van der Waals surface area (Å²) in [6.45, 7) is 3.75. The molecule has 0 saturated carbocycles. The summed E-state index contributed by atoms with van der Waals surface area (Å²) < 4.78 is 5.26. The van der Waals surface area contributed by atoms with Gasteiger partial charge in [-0.2, -0.15) is 0 Å². The molecule has 0 atom stereocenters. The van der Waals surface area contributed by atoms with Crippen molar-refractivity contribution in [2.24, 2.45) is 5.73 Å². The predicted molar refractivity (Wildman–Crippen MR) is 48.6 cm³/mol. The number of hydrogen-bond acceptors (Lipinski definition) is 4. The van der Waals surface area contributed by atoms with E-state index in [4.69, 9.17) is 15.6 Å². The van der Waals surface area contributed by atoms with E-state index in [-0.39, 0.29) is 5.84 Å². The van der Waals surface area contributed by atoms with Crippen LogP contribution in [0.3, 0.4) is 0 Å². The van der Waals surface area contributed by atoms with Gasteiger partial charge in [-0.3, -0.25) is 5.41 Å². The van der Waals surface area contributed by atoms with E-state index in [1.54, 1.807) is 0 Å². The van der Waals surface area contributed by atoms with Crippen molar-refractivity contribution in [3.8, 4) is 0 Å². The summed E-state index contributed by atoms with van der Waals surface area (Å²) in [5, 5.41) is 7.58. The first kappa shape index (κ1) is 9.12. The third-order valence-electron chi connectivity index (χ3n) is 1.36. The number of nitrogens with one attached hydrogen (secondary N) is 1. The van der Waals surface area contributed by atoms with Crippen molar-refractivity contribution in [3.05, 3.63) is 11.5 Å². The Bertz CT molecular complexity index is 275. The molecule has 0 fully saturated rings. The lowest BCUT2D eigenvalue weighted by Crippen LogP contribution is -2.11. The third-order valence-corrected chi connectivity index (χ3v) is 2.24. The molecule has 0 bridgehead atoms. The van der Waals surface area contributed by atoms with Crippen LogP contribution in [0.1, 0.15) is 11.5 Å². The number of rotatable bonds is 3. The fourth-order valence-corrected chi connectivity index (χ4v) is 1.31. The first-order valence-corrected chi connectivity index (χ1v) is 4.48. The summed E-state index contributed by atoms with van der Waals surface area (Å²) in [6, 6.07) is 0. The number of oxazole rings is 1. The monoisotopic (exact) mass is 185 g/mol. The van der Waals surface area contributed by atoms with Crippen LogP contribution < -0.4 is 5.73 Å². The maximum atomic E-state index is 6.99. The summed E-state index contributed by atoms with van der Waals surface area (Å²) in [7, 11) is 0. The van der Waals surface area contributed by atoms with Crippen molar-refractivity contribution < 1.29 is 4.42 Å². The van der Waals surface area contributed by atoms with E-state index in [9.17, 15) is 0 Å². The number of hydrogen-bond donors (Lipinski definition) is 2. The van der Waals surface area contributed by atoms with Crippen molar-refractivity contribution in [2.45, 2.75) is 19.1 Å². The lowest BCUT2D eigenvalue weighted by atomic mass is 10.4. The van der Waals surface area contributed by atoms with Crippen LogP contribution >= 0.6 is 11.8 Å². The second kappa shape index (κ2) is 3.62. The van der Waals surface area contributed by atoms with Crippen molar-refractivity contribution in [1.82, 2.24) is 4.98 Å². The fraction of sp³-hybridized carbons (Fsp3) is 0.429.